The molecule has 4 N–H and O–H groups in total. The van der Waals surface area contributed by atoms with E-state index in [-0.39, 0.29) is 18.4 Å². The highest BCUT2D eigenvalue weighted by molar-refractivity contribution is 5.76. The van der Waals surface area contributed by atoms with Gasteiger partial charge in [-0.15, -0.1) is 0 Å². The molecule has 0 spiro atoms. The fourth-order valence-electron chi connectivity index (χ4n) is 2.94. The van der Waals surface area contributed by atoms with Gasteiger partial charge in [0.2, 0.25) is 5.91 Å². The van der Waals surface area contributed by atoms with Crippen LogP contribution < -0.4 is 16.0 Å². The minimum atomic E-state index is -0.250. The number of rotatable bonds is 3. The van der Waals surface area contributed by atoms with E-state index in [0.717, 1.165) is 45.3 Å². The van der Waals surface area contributed by atoms with Crippen molar-refractivity contribution in [3.63, 3.8) is 0 Å². The molecule has 0 aromatic carbocycles. The van der Waals surface area contributed by atoms with Crippen molar-refractivity contribution >= 4 is 18.4 Å². The number of urea groups is 1. The summed E-state index contributed by atoms with van der Waals surface area (Å²) < 4.78 is 0. The summed E-state index contributed by atoms with van der Waals surface area (Å²) in [7, 11) is 0. The average molecular weight is 328 g/mol. The van der Waals surface area contributed by atoms with E-state index >= 15 is 0 Å². The quantitative estimate of drug-likeness (QED) is 0.551. The number of hydrogen-bond acceptors (Lipinski definition) is 4. The number of amides is 3. The Hall–Kier alpha value is -1.83. The van der Waals surface area contributed by atoms with Gasteiger partial charge >= 0.3 is 6.03 Å². The molecular formula is C15H28N4O4. The molecule has 23 heavy (non-hydrogen) atoms. The molecule has 2 aliphatic rings. The van der Waals surface area contributed by atoms with Crippen LogP contribution in [0.1, 0.15) is 39.0 Å². The first-order valence-corrected chi connectivity index (χ1v) is 8.24. The zero-order valence-electron chi connectivity index (χ0n) is 13.7. The molecule has 0 bridgehead atoms. The lowest BCUT2D eigenvalue weighted by Crippen LogP contribution is -2.50. The molecule has 0 aliphatic carbocycles. The molecule has 2 saturated heterocycles. The smallest absolute Gasteiger partial charge is 0.317 e. The van der Waals surface area contributed by atoms with Crippen molar-refractivity contribution in [1.82, 2.24) is 20.9 Å². The number of likely N-dealkylation sites (tertiary alicyclic amines) is 1. The SMILES string of the molecule is CCNC(=O)N1CCC(NC2CCNC(=O)CC2)CC1.O=CO. The van der Waals surface area contributed by atoms with Crippen molar-refractivity contribution in [3.05, 3.63) is 0 Å². The largest absolute Gasteiger partial charge is 0.483 e. The summed E-state index contributed by atoms with van der Waals surface area (Å²) in [5, 5.41) is 16.3. The van der Waals surface area contributed by atoms with Crippen LogP contribution in [-0.2, 0) is 9.59 Å². The molecule has 2 heterocycles. The first-order chi connectivity index (χ1) is 11.1. The summed E-state index contributed by atoms with van der Waals surface area (Å²) in [6.45, 7) is 4.77. The second-order valence-corrected chi connectivity index (χ2v) is 5.74. The lowest BCUT2D eigenvalue weighted by atomic mass is 10.0. The van der Waals surface area contributed by atoms with Crippen molar-refractivity contribution in [3.8, 4) is 0 Å². The van der Waals surface area contributed by atoms with E-state index in [1.54, 1.807) is 0 Å². The van der Waals surface area contributed by atoms with Gasteiger partial charge in [-0.2, -0.15) is 0 Å². The minimum Gasteiger partial charge on any atom is -0.483 e. The molecule has 0 aromatic rings. The van der Waals surface area contributed by atoms with Crippen molar-refractivity contribution in [1.29, 1.82) is 0 Å². The maximum absolute atomic E-state index is 11.7. The summed E-state index contributed by atoms with van der Waals surface area (Å²) in [6.07, 6.45) is 4.53. The predicted octanol–water partition coefficient (Wildman–Crippen LogP) is 0.139. The highest BCUT2D eigenvalue weighted by Gasteiger charge is 2.25. The van der Waals surface area contributed by atoms with Gasteiger partial charge in [-0.3, -0.25) is 9.59 Å². The Morgan fingerprint density at radius 2 is 1.91 bits per heavy atom. The first-order valence-electron chi connectivity index (χ1n) is 8.24. The first kappa shape index (κ1) is 19.2. The molecule has 8 heteroatoms. The molecule has 2 aliphatic heterocycles. The van der Waals surface area contributed by atoms with Crippen LogP contribution >= 0.6 is 0 Å². The van der Waals surface area contributed by atoms with Gasteiger partial charge in [0.15, 0.2) is 0 Å². The Morgan fingerprint density at radius 1 is 1.30 bits per heavy atom. The van der Waals surface area contributed by atoms with E-state index in [9.17, 15) is 9.59 Å². The number of nitrogens with zero attached hydrogens (tertiary/aromatic N) is 1. The normalized spacial score (nSPS) is 22.2. The Bertz CT molecular complexity index is 384. The van der Waals surface area contributed by atoms with Gasteiger partial charge in [-0.1, -0.05) is 0 Å². The van der Waals surface area contributed by atoms with Gasteiger partial charge in [0.1, 0.15) is 0 Å². The molecule has 0 aromatic heterocycles. The molecule has 3 amide bonds. The molecule has 2 rings (SSSR count). The fourth-order valence-corrected chi connectivity index (χ4v) is 2.94. The van der Waals surface area contributed by atoms with Gasteiger partial charge in [0.25, 0.3) is 6.47 Å². The summed E-state index contributed by atoms with van der Waals surface area (Å²) in [5.74, 6) is 0.167. The predicted molar refractivity (Wildman–Crippen MR) is 86.1 cm³/mol. The van der Waals surface area contributed by atoms with Gasteiger partial charge in [-0.25, -0.2) is 4.79 Å². The van der Waals surface area contributed by atoms with Crippen LogP contribution in [0.2, 0.25) is 0 Å². The monoisotopic (exact) mass is 328 g/mol. The molecule has 0 saturated carbocycles. The summed E-state index contributed by atoms with van der Waals surface area (Å²) in [5.41, 5.74) is 0. The van der Waals surface area contributed by atoms with Crippen molar-refractivity contribution < 1.29 is 19.5 Å². The van der Waals surface area contributed by atoms with Crippen LogP contribution in [0, 0.1) is 0 Å². The number of carbonyl (C=O) groups excluding carboxylic acids is 2. The second kappa shape index (κ2) is 10.8. The van der Waals surface area contributed by atoms with E-state index in [4.69, 9.17) is 9.90 Å². The average Bonchev–Trinajstić information content (AvgIpc) is 2.74. The number of hydrogen-bond donors (Lipinski definition) is 4. The third-order valence-electron chi connectivity index (χ3n) is 4.12. The third-order valence-corrected chi connectivity index (χ3v) is 4.12. The lowest BCUT2D eigenvalue weighted by Gasteiger charge is -2.34. The maximum atomic E-state index is 11.7. The Kier molecular flexibility index (Phi) is 9.04. The topological polar surface area (TPSA) is 111 Å². The Morgan fingerprint density at radius 3 is 2.52 bits per heavy atom. The highest BCUT2D eigenvalue weighted by atomic mass is 16.3. The third kappa shape index (κ3) is 7.32. The van der Waals surface area contributed by atoms with Crippen molar-refractivity contribution in [2.75, 3.05) is 26.2 Å². The number of carboxylic acid groups (broad SMARTS) is 1. The van der Waals surface area contributed by atoms with Crippen LogP contribution in [0.25, 0.3) is 0 Å². The molecule has 2 fully saturated rings. The van der Waals surface area contributed by atoms with E-state index in [2.05, 4.69) is 16.0 Å². The molecule has 132 valence electrons. The van der Waals surface area contributed by atoms with Crippen LogP contribution in [0.4, 0.5) is 4.79 Å². The van der Waals surface area contributed by atoms with Gasteiger partial charge < -0.3 is 26.0 Å². The zero-order valence-corrected chi connectivity index (χ0v) is 13.7. The van der Waals surface area contributed by atoms with Gasteiger partial charge in [-0.05, 0) is 32.6 Å². The zero-order chi connectivity index (χ0) is 17.1. The van der Waals surface area contributed by atoms with Crippen LogP contribution in [0.3, 0.4) is 0 Å². The molecule has 8 nitrogen and oxygen atoms in total. The highest BCUT2D eigenvalue weighted by Crippen LogP contribution is 2.14. The summed E-state index contributed by atoms with van der Waals surface area (Å²) >= 11 is 0. The van der Waals surface area contributed by atoms with E-state index in [1.165, 1.54) is 0 Å². The molecular weight excluding hydrogens is 300 g/mol. The number of piperidine rings is 1. The van der Waals surface area contributed by atoms with Crippen LogP contribution in [0.5, 0.6) is 0 Å². The van der Waals surface area contributed by atoms with E-state index in [0.29, 0.717) is 25.0 Å². The Labute approximate surface area is 137 Å². The van der Waals surface area contributed by atoms with Crippen molar-refractivity contribution in [2.24, 2.45) is 0 Å². The number of nitrogens with one attached hydrogen (secondary N) is 3. The maximum Gasteiger partial charge on any atom is 0.317 e. The second-order valence-electron chi connectivity index (χ2n) is 5.74. The fraction of sp³-hybridized carbons (Fsp3) is 0.800. The molecule has 0 radical (unpaired) electrons. The van der Waals surface area contributed by atoms with Gasteiger partial charge in [0.05, 0.1) is 0 Å². The molecule has 1 atom stereocenters. The van der Waals surface area contributed by atoms with Crippen LogP contribution in [-0.4, -0.2) is 66.7 Å². The van der Waals surface area contributed by atoms with Gasteiger partial charge in [0, 0.05) is 44.7 Å². The van der Waals surface area contributed by atoms with E-state index in [1.807, 2.05) is 11.8 Å². The summed E-state index contributed by atoms with van der Waals surface area (Å²) in [4.78, 5) is 33.3. The minimum absolute atomic E-state index is 0.0511. The number of carbonyl (C=O) groups is 3. The van der Waals surface area contributed by atoms with Crippen LogP contribution in [0.15, 0.2) is 0 Å². The van der Waals surface area contributed by atoms with E-state index < -0.39 is 0 Å². The lowest BCUT2D eigenvalue weighted by molar-refractivity contribution is -0.123. The Balaban J connectivity index is 0.000000816. The molecule has 1 unspecified atom stereocenters. The standard InChI is InChI=1S/C14H26N4O2.CH2O2/c1-2-15-14(20)18-9-6-12(7-10-18)17-11-3-4-13(19)16-8-5-11;2-1-3/h11-12,17H,2-10H2,1H3,(H,15,20)(H,16,19);1H,(H,2,3). The van der Waals surface area contributed by atoms with Crippen molar-refractivity contribution in [2.45, 2.75) is 51.1 Å². The summed E-state index contributed by atoms with van der Waals surface area (Å²) in [6, 6.07) is 0.948.